The van der Waals surface area contributed by atoms with E-state index in [9.17, 15) is 0 Å². The van der Waals surface area contributed by atoms with Crippen LogP contribution in [0.2, 0.25) is 0 Å². The summed E-state index contributed by atoms with van der Waals surface area (Å²) in [7, 11) is 0. The third-order valence-electron chi connectivity index (χ3n) is 2.08. The Bertz CT molecular complexity index is 237. The number of anilines is 3. The van der Waals surface area contributed by atoms with Crippen molar-refractivity contribution < 1.29 is 0 Å². The minimum absolute atomic E-state index is 0.946. The zero-order valence-electron chi connectivity index (χ0n) is 9.85. The SMILES string of the molecule is CCNc1cc(NCC)cc(NCC)c1. The van der Waals surface area contributed by atoms with Crippen LogP contribution in [-0.4, -0.2) is 19.6 Å². The maximum absolute atomic E-state index is 3.33. The van der Waals surface area contributed by atoms with Crippen LogP contribution in [0.3, 0.4) is 0 Å². The van der Waals surface area contributed by atoms with Crippen molar-refractivity contribution in [2.45, 2.75) is 20.8 Å². The molecule has 1 rings (SSSR count). The number of benzene rings is 1. The van der Waals surface area contributed by atoms with Gasteiger partial charge in [0, 0.05) is 36.7 Å². The first-order valence-corrected chi connectivity index (χ1v) is 5.66. The van der Waals surface area contributed by atoms with Gasteiger partial charge in [-0.05, 0) is 39.0 Å². The standard InChI is InChI=1S/C12H21N3/c1-4-13-10-7-11(14-5-2)9-12(8-10)15-6-3/h7-9,13-15H,4-6H2,1-3H3. The van der Waals surface area contributed by atoms with Crippen LogP contribution in [-0.2, 0) is 0 Å². The zero-order chi connectivity index (χ0) is 11.1. The van der Waals surface area contributed by atoms with Gasteiger partial charge >= 0.3 is 0 Å². The quantitative estimate of drug-likeness (QED) is 0.671. The molecule has 0 aromatic heterocycles. The Morgan fingerprint density at radius 2 is 0.933 bits per heavy atom. The van der Waals surface area contributed by atoms with Crippen molar-refractivity contribution in [3.05, 3.63) is 18.2 Å². The second kappa shape index (κ2) is 6.17. The molecule has 84 valence electrons. The average molecular weight is 207 g/mol. The van der Waals surface area contributed by atoms with Gasteiger partial charge < -0.3 is 16.0 Å². The van der Waals surface area contributed by atoms with Crippen LogP contribution < -0.4 is 16.0 Å². The van der Waals surface area contributed by atoms with Gasteiger partial charge in [-0.3, -0.25) is 0 Å². The predicted octanol–water partition coefficient (Wildman–Crippen LogP) is 2.98. The summed E-state index contributed by atoms with van der Waals surface area (Å²) in [6, 6.07) is 6.40. The fraction of sp³-hybridized carbons (Fsp3) is 0.500. The van der Waals surface area contributed by atoms with Gasteiger partial charge in [-0.25, -0.2) is 0 Å². The molecule has 0 unspecified atom stereocenters. The Balaban J connectivity index is 2.86. The van der Waals surface area contributed by atoms with Gasteiger partial charge in [0.15, 0.2) is 0 Å². The van der Waals surface area contributed by atoms with Gasteiger partial charge in [-0.2, -0.15) is 0 Å². The van der Waals surface area contributed by atoms with Gasteiger partial charge in [0.1, 0.15) is 0 Å². The molecule has 15 heavy (non-hydrogen) atoms. The van der Waals surface area contributed by atoms with Crippen molar-refractivity contribution >= 4 is 17.1 Å². The molecule has 0 aliphatic carbocycles. The first kappa shape index (κ1) is 11.7. The van der Waals surface area contributed by atoms with E-state index < -0.39 is 0 Å². The Morgan fingerprint density at radius 1 is 0.667 bits per heavy atom. The van der Waals surface area contributed by atoms with Crippen molar-refractivity contribution in [1.82, 2.24) is 0 Å². The van der Waals surface area contributed by atoms with E-state index >= 15 is 0 Å². The van der Waals surface area contributed by atoms with E-state index in [0.717, 1.165) is 36.7 Å². The van der Waals surface area contributed by atoms with Crippen molar-refractivity contribution in [3.8, 4) is 0 Å². The number of nitrogens with one attached hydrogen (secondary N) is 3. The lowest BCUT2D eigenvalue weighted by Gasteiger charge is -2.12. The fourth-order valence-corrected chi connectivity index (χ4v) is 1.55. The molecule has 0 atom stereocenters. The maximum atomic E-state index is 3.33. The zero-order valence-corrected chi connectivity index (χ0v) is 9.85. The van der Waals surface area contributed by atoms with Crippen molar-refractivity contribution in [3.63, 3.8) is 0 Å². The summed E-state index contributed by atoms with van der Waals surface area (Å²) in [5, 5.41) is 9.98. The smallest absolute Gasteiger partial charge is 0.0381 e. The van der Waals surface area contributed by atoms with Crippen molar-refractivity contribution in [2.75, 3.05) is 35.6 Å². The monoisotopic (exact) mass is 207 g/mol. The van der Waals surface area contributed by atoms with E-state index in [1.54, 1.807) is 0 Å². The third kappa shape index (κ3) is 3.70. The van der Waals surface area contributed by atoms with Crippen molar-refractivity contribution in [2.24, 2.45) is 0 Å². The molecule has 0 spiro atoms. The minimum atomic E-state index is 0.946. The molecule has 0 heterocycles. The molecule has 0 radical (unpaired) electrons. The summed E-state index contributed by atoms with van der Waals surface area (Å²) < 4.78 is 0. The molecule has 0 bridgehead atoms. The second-order valence-electron chi connectivity index (χ2n) is 3.39. The first-order valence-electron chi connectivity index (χ1n) is 5.66. The topological polar surface area (TPSA) is 36.1 Å². The second-order valence-corrected chi connectivity index (χ2v) is 3.39. The van der Waals surface area contributed by atoms with Crippen LogP contribution in [0.25, 0.3) is 0 Å². The summed E-state index contributed by atoms with van der Waals surface area (Å²) >= 11 is 0. The molecule has 3 heteroatoms. The first-order chi connectivity index (χ1) is 7.30. The van der Waals surface area contributed by atoms with Crippen LogP contribution in [0.5, 0.6) is 0 Å². The van der Waals surface area contributed by atoms with E-state index in [1.165, 1.54) is 0 Å². The lowest BCUT2D eigenvalue weighted by Crippen LogP contribution is -2.03. The highest BCUT2D eigenvalue weighted by molar-refractivity contribution is 5.67. The molecule has 1 aromatic carbocycles. The largest absolute Gasteiger partial charge is 0.385 e. The van der Waals surface area contributed by atoms with Crippen LogP contribution >= 0.6 is 0 Å². The van der Waals surface area contributed by atoms with Crippen LogP contribution in [0, 0.1) is 0 Å². The van der Waals surface area contributed by atoms with E-state index in [4.69, 9.17) is 0 Å². The molecular weight excluding hydrogens is 186 g/mol. The van der Waals surface area contributed by atoms with Crippen LogP contribution in [0.1, 0.15) is 20.8 Å². The van der Waals surface area contributed by atoms with Gasteiger partial charge in [-0.15, -0.1) is 0 Å². The molecule has 1 aromatic rings. The molecule has 3 nitrogen and oxygen atoms in total. The summed E-state index contributed by atoms with van der Waals surface area (Å²) in [5.74, 6) is 0. The fourth-order valence-electron chi connectivity index (χ4n) is 1.55. The van der Waals surface area contributed by atoms with E-state index in [-0.39, 0.29) is 0 Å². The van der Waals surface area contributed by atoms with Crippen LogP contribution in [0.4, 0.5) is 17.1 Å². The maximum Gasteiger partial charge on any atom is 0.0381 e. The minimum Gasteiger partial charge on any atom is -0.385 e. The summed E-state index contributed by atoms with van der Waals surface area (Å²) in [6.45, 7) is 9.15. The van der Waals surface area contributed by atoms with Crippen molar-refractivity contribution in [1.29, 1.82) is 0 Å². The van der Waals surface area contributed by atoms with Gasteiger partial charge in [0.05, 0.1) is 0 Å². The van der Waals surface area contributed by atoms with Gasteiger partial charge in [0.2, 0.25) is 0 Å². The summed E-state index contributed by atoms with van der Waals surface area (Å²) in [5.41, 5.74) is 3.48. The highest BCUT2D eigenvalue weighted by Gasteiger charge is 1.98. The molecule has 0 fully saturated rings. The lowest BCUT2D eigenvalue weighted by molar-refractivity contribution is 1.18. The number of rotatable bonds is 6. The Hall–Kier alpha value is -1.38. The van der Waals surface area contributed by atoms with E-state index in [2.05, 4.69) is 54.9 Å². The Morgan fingerprint density at radius 3 is 1.13 bits per heavy atom. The van der Waals surface area contributed by atoms with Gasteiger partial charge in [-0.1, -0.05) is 0 Å². The molecule has 0 saturated carbocycles. The predicted molar refractivity (Wildman–Crippen MR) is 68.9 cm³/mol. The summed E-state index contributed by atoms with van der Waals surface area (Å²) in [4.78, 5) is 0. The van der Waals surface area contributed by atoms with E-state index in [0.29, 0.717) is 0 Å². The highest BCUT2D eigenvalue weighted by atomic mass is 14.9. The molecule has 0 amide bonds. The Labute approximate surface area is 92.3 Å². The van der Waals surface area contributed by atoms with Crippen LogP contribution in [0.15, 0.2) is 18.2 Å². The molecule has 0 aliphatic heterocycles. The lowest BCUT2D eigenvalue weighted by atomic mass is 10.2. The average Bonchev–Trinajstić information content (AvgIpc) is 2.19. The van der Waals surface area contributed by atoms with E-state index in [1.807, 2.05) is 0 Å². The molecular formula is C12H21N3. The number of hydrogen-bond acceptors (Lipinski definition) is 3. The van der Waals surface area contributed by atoms with Gasteiger partial charge in [0.25, 0.3) is 0 Å². The highest BCUT2D eigenvalue weighted by Crippen LogP contribution is 2.22. The third-order valence-corrected chi connectivity index (χ3v) is 2.08. The summed E-state index contributed by atoms with van der Waals surface area (Å²) in [6.07, 6.45) is 0. The number of hydrogen-bond donors (Lipinski definition) is 3. The molecule has 0 aliphatic rings. The molecule has 3 N–H and O–H groups in total. The Kier molecular flexibility index (Phi) is 4.81. The molecule has 0 saturated heterocycles. The normalized spacial score (nSPS) is 9.80.